The van der Waals surface area contributed by atoms with E-state index in [1.807, 2.05) is 29.5 Å². The fourth-order valence-corrected chi connectivity index (χ4v) is 10.9. The molecule has 0 radical (unpaired) electrons. The van der Waals surface area contributed by atoms with Gasteiger partial charge in [-0.15, -0.1) is 6.58 Å². The van der Waals surface area contributed by atoms with Crippen molar-refractivity contribution < 1.29 is 24.2 Å². The molecular formula is C39H58N8O5. The zero-order valence-corrected chi connectivity index (χ0v) is 31.7. The second-order valence-corrected chi connectivity index (χ2v) is 17.0. The van der Waals surface area contributed by atoms with Crippen molar-refractivity contribution in [2.24, 2.45) is 34.0 Å². The molecule has 7 rings (SSSR count). The molecule has 52 heavy (non-hydrogen) atoms. The van der Waals surface area contributed by atoms with Gasteiger partial charge in [-0.25, -0.2) is 15.0 Å². The lowest BCUT2D eigenvalue weighted by Crippen LogP contribution is -2.63. The summed E-state index contributed by atoms with van der Waals surface area (Å²) in [6.07, 6.45) is 8.86. The molecule has 2 aromatic heterocycles. The Kier molecular flexibility index (Phi) is 10.0. The maximum atomic E-state index is 13.8. The Balaban J connectivity index is 0.963. The smallest absolute Gasteiger partial charge is 0.320 e. The third-order valence-corrected chi connectivity index (χ3v) is 14.5. The van der Waals surface area contributed by atoms with E-state index < -0.39 is 23.0 Å². The lowest BCUT2D eigenvalue weighted by atomic mass is 9.44. The number of carbonyl (C=O) groups excluding carboxylic acids is 3. The van der Waals surface area contributed by atoms with Gasteiger partial charge in [0.2, 0.25) is 5.91 Å². The minimum atomic E-state index is -0.692. The number of aromatic nitrogens is 4. The standard InChI is InChI=1S/C39H58N8O5/c1-7-37(4)20-29(38(5)25(2)8-12-39(26(3)34(37)51)13-9-28(48)33(38)39)52-31(50)22-44-16-18-45(19-17-44)30(49)11-15-47-24-43-32-35(41-23-42-36(32)47)46-14-10-27(21-46)40-6/h7,23-27,29,33-34,40,51H,1,8-22H2,2-6H3/t25-,26+,27?,29-,33-,34+,37-,38+,39+/m1/s1. The van der Waals surface area contributed by atoms with Gasteiger partial charge in [-0.05, 0) is 56.4 Å². The van der Waals surface area contributed by atoms with Gasteiger partial charge in [0.15, 0.2) is 17.0 Å². The summed E-state index contributed by atoms with van der Waals surface area (Å²) in [6.45, 7) is 17.2. The molecule has 1 amide bonds. The van der Waals surface area contributed by atoms with E-state index in [1.165, 1.54) is 0 Å². The monoisotopic (exact) mass is 718 g/mol. The number of carbonyl (C=O) groups is 3. The van der Waals surface area contributed by atoms with Crippen LogP contribution in [0.2, 0.25) is 0 Å². The molecule has 3 saturated carbocycles. The number of rotatable bonds is 9. The minimum absolute atomic E-state index is 0.0599. The number of piperazine rings is 1. The van der Waals surface area contributed by atoms with Gasteiger partial charge in [-0.3, -0.25) is 19.3 Å². The summed E-state index contributed by atoms with van der Waals surface area (Å²) in [6, 6.07) is 0.424. The first kappa shape index (κ1) is 36.9. The van der Waals surface area contributed by atoms with Crippen molar-refractivity contribution in [2.75, 3.05) is 57.8 Å². The van der Waals surface area contributed by atoms with Gasteiger partial charge in [-0.2, -0.15) is 0 Å². The molecule has 2 aromatic rings. The Labute approximate surface area is 307 Å². The number of Topliss-reactive ketones (excluding diaryl/α,β-unsaturated/α-hetero) is 1. The number of ketones is 1. The molecule has 0 aromatic carbocycles. The van der Waals surface area contributed by atoms with E-state index >= 15 is 0 Å². The van der Waals surface area contributed by atoms with E-state index in [2.05, 4.69) is 57.4 Å². The number of aryl methyl sites for hydroxylation is 1. The van der Waals surface area contributed by atoms with Crippen molar-refractivity contribution in [2.45, 2.75) is 97.4 Å². The van der Waals surface area contributed by atoms with Crippen molar-refractivity contribution in [1.82, 2.24) is 34.6 Å². The Morgan fingerprint density at radius 2 is 1.87 bits per heavy atom. The average molecular weight is 719 g/mol. The molecule has 2 aliphatic heterocycles. The molecule has 13 heteroatoms. The highest BCUT2D eigenvalue weighted by molar-refractivity contribution is 5.86. The first-order valence-electron chi connectivity index (χ1n) is 19.5. The normalized spacial score (nSPS) is 36.8. The van der Waals surface area contributed by atoms with Gasteiger partial charge in [0.25, 0.3) is 0 Å². The number of nitrogens with one attached hydrogen (secondary N) is 1. The molecule has 2 saturated heterocycles. The number of nitrogens with zero attached hydrogens (tertiary/aromatic N) is 7. The molecule has 9 atom stereocenters. The third kappa shape index (κ3) is 6.14. The fourth-order valence-electron chi connectivity index (χ4n) is 10.9. The van der Waals surface area contributed by atoms with Crippen molar-refractivity contribution in [3.05, 3.63) is 25.3 Å². The number of hydrogen-bond acceptors (Lipinski definition) is 11. The summed E-state index contributed by atoms with van der Waals surface area (Å²) < 4.78 is 8.40. The van der Waals surface area contributed by atoms with Crippen LogP contribution in [0.5, 0.6) is 0 Å². The van der Waals surface area contributed by atoms with Crippen LogP contribution < -0.4 is 10.2 Å². The molecule has 4 heterocycles. The van der Waals surface area contributed by atoms with Crippen LogP contribution >= 0.6 is 0 Å². The molecule has 5 fully saturated rings. The zero-order chi connectivity index (χ0) is 37.0. The molecule has 5 aliphatic rings. The van der Waals surface area contributed by atoms with Crippen LogP contribution in [0.1, 0.15) is 72.6 Å². The highest BCUT2D eigenvalue weighted by Crippen LogP contribution is 2.68. The number of imidazole rings is 1. The van der Waals surface area contributed by atoms with E-state index in [9.17, 15) is 19.5 Å². The molecular weight excluding hydrogens is 660 g/mol. The van der Waals surface area contributed by atoms with Gasteiger partial charge >= 0.3 is 5.97 Å². The van der Waals surface area contributed by atoms with Gasteiger partial charge in [-0.1, -0.05) is 33.8 Å². The second kappa shape index (κ2) is 14.1. The van der Waals surface area contributed by atoms with Crippen LogP contribution in [0.25, 0.3) is 11.2 Å². The number of fused-ring (bicyclic) bond motifs is 1. The Morgan fingerprint density at radius 1 is 1.10 bits per heavy atom. The maximum Gasteiger partial charge on any atom is 0.320 e. The molecule has 13 nitrogen and oxygen atoms in total. The van der Waals surface area contributed by atoms with Crippen LogP contribution in [0.4, 0.5) is 5.82 Å². The fraction of sp³-hybridized carbons (Fsp3) is 0.744. The van der Waals surface area contributed by atoms with E-state index in [0.717, 1.165) is 55.8 Å². The lowest BCUT2D eigenvalue weighted by molar-refractivity contribution is -0.207. The summed E-state index contributed by atoms with van der Waals surface area (Å²) in [7, 11) is 1.98. The van der Waals surface area contributed by atoms with Crippen LogP contribution in [0.15, 0.2) is 25.3 Å². The quantitative estimate of drug-likeness (QED) is 0.292. The molecule has 1 unspecified atom stereocenters. The Hall–Kier alpha value is -3.42. The highest BCUT2D eigenvalue weighted by Gasteiger charge is 2.68. The predicted octanol–water partition coefficient (Wildman–Crippen LogP) is 3.07. The van der Waals surface area contributed by atoms with E-state index in [-0.39, 0.29) is 47.4 Å². The molecule has 2 N–H and O–H groups in total. The number of esters is 1. The van der Waals surface area contributed by atoms with Gasteiger partial charge in [0, 0.05) is 81.4 Å². The van der Waals surface area contributed by atoms with E-state index in [1.54, 1.807) is 12.7 Å². The molecule has 3 aliphatic carbocycles. The van der Waals surface area contributed by atoms with Crippen LogP contribution in [-0.2, 0) is 25.7 Å². The number of aliphatic hydroxyl groups excluding tert-OH is 1. The molecule has 2 bridgehead atoms. The largest absolute Gasteiger partial charge is 0.461 e. The Morgan fingerprint density at radius 3 is 2.58 bits per heavy atom. The van der Waals surface area contributed by atoms with E-state index in [0.29, 0.717) is 58.0 Å². The number of hydrogen-bond donors (Lipinski definition) is 2. The predicted molar refractivity (Wildman–Crippen MR) is 197 cm³/mol. The zero-order valence-electron chi connectivity index (χ0n) is 31.7. The van der Waals surface area contributed by atoms with Gasteiger partial charge in [0.1, 0.15) is 18.2 Å². The molecule has 284 valence electrons. The summed E-state index contributed by atoms with van der Waals surface area (Å²) >= 11 is 0. The summed E-state index contributed by atoms with van der Waals surface area (Å²) in [5.74, 6) is 0.691. The van der Waals surface area contributed by atoms with Crippen molar-refractivity contribution in [3.8, 4) is 0 Å². The van der Waals surface area contributed by atoms with Crippen molar-refractivity contribution in [1.29, 1.82) is 0 Å². The topological polar surface area (TPSA) is 146 Å². The van der Waals surface area contributed by atoms with Crippen LogP contribution in [0, 0.1) is 34.0 Å². The van der Waals surface area contributed by atoms with Crippen LogP contribution in [-0.4, -0.2) is 123 Å². The number of anilines is 1. The number of likely N-dealkylation sites (N-methyl/N-ethyl adjacent to an activating group) is 1. The molecule has 0 spiro atoms. The highest BCUT2D eigenvalue weighted by atomic mass is 16.5. The van der Waals surface area contributed by atoms with Gasteiger partial charge in [0.05, 0.1) is 19.0 Å². The van der Waals surface area contributed by atoms with E-state index in [4.69, 9.17) is 4.74 Å². The Bertz CT molecular complexity index is 1690. The average Bonchev–Trinajstić information content (AvgIpc) is 3.89. The first-order valence-corrected chi connectivity index (χ1v) is 19.5. The van der Waals surface area contributed by atoms with Crippen LogP contribution in [0.3, 0.4) is 0 Å². The third-order valence-electron chi connectivity index (χ3n) is 14.5. The maximum absolute atomic E-state index is 13.8. The van der Waals surface area contributed by atoms with Crippen molar-refractivity contribution in [3.63, 3.8) is 0 Å². The van der Waals surface area contributed by atoms with Crippen molar-refractivity contribution >= 4 is 34.6 Å². The SMILES string of the molecule is C=C[C@]1(C)C[C@@H](OC(=O)CN2CCN(C(=O)CCn3cnc4c(N5CCC(NC)C5)ncnc43)CC2)[C@]2(C)[C@H](C)CC[C@]3(CCC(=O)[C@@H]32)[C@@H](C)[C@@H]1O. The lowest BCUT2D eigenvalue weighted by Gasteiger charge is -2.61. The minimum Gasteiger partial charge on any atom is -0.461 e. The first-order chi connectivity index (χ1) is 24.8. The number of ether oxygens (including phenoxy) is 1. The number of amides is 1. The summed E-state index contributed by atoms with van der Waals surface area (Å²) in [5, 5.41) is 15.1. The number of aliphatic hydroxyl groups is 1. The second-order valence-electron chi connectivity index (χ2n) is 17.0. The van der Waals surface area contributed by atoms with Gasteiger partial charge < -0.3 is 29.5 Å². The summed E-state index contributed by atoms with van der Waals surface area (Å²) in [5.41, 5.74) is -0.0201. The summed E-state index contributed by atoms with van der Waals surface area (Å²) in [4.78, 5) is 60.6.